The number of carbonyl (C=O) groups excluding carboxylic acids is 2. The van der Waals surface area contributed by atoms with Crippen LogP contribution in [0.1, 0.15) is 36.8 Å². The lowest BCUT2D eigenvalue weighted by molar-refractivity contribution is -0.115. The molecule has 6 heteroatoms. The fraction of sp³-hybridized carbons (Fsp3) is 0.417. The molecule has 1 saturated heterocycles. The van der Waals surface area contributed by atoms with Crippen LogP contribution in [0.4, 0.5) is 16.2 Å². The maximum atomic E-state index is 13.0. The van der Waals surface area contributed by atoms with Crippen molar-refractivity contribution in [2.45, 2.75) is 43.2 Å². The van der Waals surface area contributed by atoms with Crippen LogP contribution < -0.4 is 15.5 Å². The van der Waals surface area contributed by atoms with Gasteiger partial charge in [0.1, 0.15) is 0 Å². The van der Waals surface area contributed by atoms with Gasteiger partial charge in [0, 0.05) is 16.8 Å². The normalized spacial score (nSPS) is 28.0. The smallest absolute Gasteiger partial charge is 0.322 e. The first-order chi connectivity index (χ1) is 14.4. The predicted octanol–water partition coefficient (Wildman–Crippen LogP) is 3.48. The third kappa shape index (κ3) is 2.89. The molecule has 2 aliphatic heterocycles. The summed E-state index contributed by atoms with van der Waals surface area (Å²) in [6.07, 6.45) is 4.17. The van der Waals surface area contributed by atoms with E-state index in [1.807, 2.05) is 23.1 Å². The summed E-state index contributed by atoms with van der Waals surface area (Å²) >= 11 is 0. The number of hydrogen-bond donors (Lipinski definition) is 2. The zero-order valence-corrected chi connectivity index (χ0v) is 17.6. The van der Waals surface area contributed by atoms with Gasteiger partial charge in [0.15, 0.2) is 0 Å². The molecule has 1 saturated carbocycles. The average Bonchev–Trinajstić information content (AvgIpc) is 3.28. The lowest BCUT2D eigenvalue weighted by Gasteiger charge is -2.48. The Morgan fingerprint density at radius 2 is 1.67 bits per heavy atom. The Bertz CT molecular complexity index is 994. The van der Waals surface area contributed by atoms with Gasteiger partial charge in [-0.3, -0.25) is 14.6 Å². The minimum Gasteiger partial charge on any atom is -0.330 e. The first-order valence-electron chi connectivity index (χ1n) is 10.7. The maximum Gasteiger partial charge on any atom is 0.322 e. The van der Waals surface area contributed by atoms with Crippen LogP contribution in [-0.2, 0) is 16.8 Å². The summed E-state index contributed by atoms with van der Waals surface area (Å²) in [7, 11) is 4.31. The second-order valence-corrected chi connectivity index (χ2v) is 9.12. The van der Waals surface area contributed by atoms with E-state index in [2.05, 4.69) is 60.0 Å². The predicted molar refractivity (Wildman–Crippen MR) is 118 cm³/mol. The zero-order chi connectivity index (χ0) is 20.9. The quantitative estimate of drug-likeness (QED) is 0.823. The highest BCUT2D eigenvalue weighted by Gasteiger charge is 2.50. The summed E-state index contributed by atoms with van der Waals surface area (Å²) in [5.41, 5.74) is 3.73. The SMILES string of the molecule is CN(C)[C@]1(c2ccccc2)CC[C@]2(CC1)CN(c1cccc3c1CC(=O)N3)C(=O)N2. The van der Waals surface area contributed by atoms with Gasteiger partial charge in [0.2, 0.25) is 5.91 Å². The highest BCUT2D eigenvalue weighted by atomic mass is 16.2. The molecular weight excluding hydrogens is 376 g/mol. The number of amides is 3. The number of nitrogens with zero attached hydrogens (tertiary/aromatic N) is 2. The number of urea groups is 1. The first-order valence-corrected chi connectivity index (χ1v) is 10.7. The monoisotopic (exact) mass is 404 g/mol. The van der Waals surface area contributed by atoms with Gasteiger partial charge in [-0.25, -0.2) is 4.79 Å². The van der Waals surface area contributed by atoms with Crippen molar-refractivity contribution in [3.05, 3.63) is 59.7 Å². The van der Waals surface area contributed by atoms with Crippen molar-refractivity contribution in [3.63, 3.8) is 0 Å². The molecule has 2 fully saturated rings. The molecule has 0 bridgehead atoms. The molecule has 1 aliphatic carbocycles. The molecule has 0 aromatic heterocycles. The number of carbonyl (C=O) groups is 2. The average molecular weight is 405 g/mol. The summed E-state index contributed by atoms with van der Waals surface area (Å²) in [6, 6.07) is 16.4. The lowest BCUT2D eigenvalue weighted by Crippen LogP contribution is -2.54. The number of nitrogens with one attached hydrogen (secondary N) is 2. The molecule has 3 aliphatic rings. The second-order valence-electron chi connectivity index (χ2n) is 9.12. The van der Waals surface area contributed by atoms with Gasteiger partial charge < -0.3 is 10.6 Å². The van der Waals surface area contributed by atoms with Crippen molar-refractivity contribution in [2.24, 2.45) is 0 Å². The molecule has 2 heterocycles. The highest BCUT2D eigenvalue weighted by Crippen LogP contribution is 2.47. The number of hydrogen-bond acceptors (Lipinski definition) is 3. The highest BCUT2D eigenvalue weighted by molar-refractivity contribution is 6.04. The van der Waals surface area contributed by atoms with E-state index in [1.165, 1.54) is 5.56 Å². The van der Waals surface area contributed by atoms with Crippen LogP contribution in [0, 0.1) is 0 Å². The van der Waals surface area contributed by atoms with Crippen LogP contribution in [0.2, 0.25) is 0 Å². The topological polar surface area (TPSA) is 64.7 Å². The lowest BCUT2D eigenvalue weighted by atomic mass is 9.69. The molecule has 5 rings (SSSR count). The largest absolute Gasteiger partial charge is 0.330 e. The second kappa shape index (κ2) is 6.84. The molecule has 2 aromatic carbocycles. The Balaban J connectivity index is 1.40. The van der Waals surface area contributed by atoms with Gasteiger partial charge in [-0.1, -0.05) is 36.4 Å². The van der Waals surface area contributed by atoms with Crippen molar-refractivity contribution in [1.82, 2.24) is 10.2 Å². The Labute approximate surface area is 177 Å². The molecule has 3 amide bonds. The van der Waals surface area contributed by atoms with E-state index in [1.54, 1.807) is 0 Å². The molecule has 1 spiro atoms. The molecule has 2 N–H and O–H groups in total. The number of rotatable bonds is 3. The fourth-order valence-corrected chi connectivity index (χ4v) is 5.56. The first kappa shape index (κ1) is 19.1. The molecule has 0 radical (unpaired) electrons. The van der Waals surface area contributed by atoms with Crippen LogP contribution >= 0.6 is 0 Å². The van der Waals surface area contributed by atoms with Gasteiger partial charge in [-0.2, -0.15) is 0 Å². The van der Waals surface area contributed by atoms with Crippen LogP contribution in [0.25, 0.3) is 0 Å². The van der Waals surface area contributed by atoms with Crippen molar-refractivity contribution < 1.29 is 9.59 Å². The fourth-order valence-electron chi connectivity index (χ4n) is 5.56. The van der Waals surface area contributed by atoms with E-state index in [9.17, 15) is 9.59 Å². The molecular formula is C24H28N4O2. The Kier molecular flexibility index (Phi) is 4.36. The third-order valence-electron chi connectivity index (χ3n) is 7.33. The minimum atomic E-state index is -0.218. The van der Waals surface area contributed by atoms with Crippen LogP contribution in [0.5, 0.6) is 0 Å². The summed E-state index contributed by atoms with van der Waals surface area (Å²) in [6.45, 7) is 0.648. The van der Waals surface area contributed by atoms with E-state index >= 15 is 0 Å². The standard InChI is InChI=1S/C24H28N4O2/c1-27(2)24(17-7-4-3-5-8-17)13-11-23(12-14-24)16-28(22(30)26-23)20-10-6-9-19-18(20)15-21(29)25-19/h3-10H,11-16H2,1-2H3,(H,25,29)(H,26,30)/t23-,24+. The summed E-state index contributed by atoms with van der Waals surface area (Å²) in [5, 5.41) is 6.20. The van der Waals surface area contributed by atoms with Gasteiger partial charge >= 0.3 is 6.03 Å². The van der Waals surface area contributed by atoms with Crippen molar-refractivity contribution in [1.29, 1.82) is 0 Å². The van der Waals surface area contributed by atoms with Gasteiger partial charge in [0.25, 0.3) is 0 Å². The van der Waals surface area contributed by atoms with E-state index in [0.29, 0.717) is 13.0 Å². The number of fused-ring (bicyclic) bond motifs is 1. The summed E-state index contributed by atoms with van der Waals surface area (Å²) in [5.74, 6) is -0.0111. The minimum absolute atomic E-state index is 0.00497. The third-order valence-corrected chi connectivity index (χ3v) is 7.33. The maximum absolute atomic E-state index is 13.0. The van der Waals surface area contributed by atoms with Crippen molar-refractivity contribution in [3.8, 4) is 0 Å². The Morgan fingerprint density at radius 1 is 0.933 bits per heavy atom. The summed E-state index contributed by atoms with van der Waals surface area (Å²) < 4.78 is 0. The van der Waals surface area contributed by atoms with Crippen molar-refractivity contribution >= 4 is 23.3 Å². The Morgan fingerprint density at radius 3 is 2.37 bits per heavy atom. The van der Waals surface area contributed by atoms with E-state index in [4.69, 9.17) is 0 Å². The number of benzene rings is 2. The van der Waals surface area contributed by atoms with Gasteiger partial charge in [0.05, 0.1) is 24.2 Å². The van der Waals surface area contributed by atoms with Crippen molar-refractivity contribution in [2.75, 3.05) is 30.9 Å². The molecule has 0 atom stereocenters. The Hall–Kier alpha value is -2.86. The van der Waals surface area contributed by atoms with E-state index in [-0.39, 0.29) is 23.0 Å². The molecule has 30 heavy (non-hydrogen) atoms. The molecule has 0 unspecified atom stereocenters. The van der Waals surface area contributed by atoms with Gasteiger partial charge in [-0.05, 0) is 57.5 Å². The van der Waals surface area contributed by atoms with Crippen LogP contribution in [-0.4, -0.2) is 43.0 Å². The zero-order valence-electron chi connectivity index (χ0n) is 17.6. The molecule has 156 valence electrons. The van der Waals surface area contributed by atoms with Gasteiger partial charge in [-0.15, -0.1) is 0 Å². The van der Waals surface area contributed by atoms with Crippen LogP contribution in [0.15, 0.2) is 48.5 Å². The molecule has 6 nitrogen and oxygen atoms in total. The number of anilines is 2. The summed E-state index contributed by atoms with van der Waals surface area (Å²) in [4.78, 5) is 29.0. The van der Waals surface area contributed by atoms with Crippen LogP contribution in [0.3, 0.4) is 0 Å². The van der Waals surface area contributed by atoms with E-state index in [0.717, 1.165) is 42.6 Å². The van der Waals surface area contributed by atoms with E-state index < -0.39 is 0 Å². The molecule has 2 aromatic rings.